The Morgan fingerprint density at radius 1 is 1.03 bits per heavy atom. The summed E-state index contributed by atoms with van der Waals surface area (Å²) in [6.45, 7) is 0.288. The number of ether oxygens (including phenoxy) is 1. The van der Waals surface area contributed by atoms with Crippen molar-refractivity contribution in [3.05, 3.63) is 88.6 Å². The van der Waals surface area contributed by atoms with Gasteiger partial charge in [0.2, 0.25) is 11.7 Å². The van der Waals surface area contributed by atoms with Gasteiger partial charge in [-0.3, -0.25) is 4.79 Å². The van der Waals surface area contributed by atoms with Crippen LogP contribution in [-0.2, 0) is 23.4 Å². The number of carbonyl (C=O) groups excluding carboxylic acids is 1. The summed E-state index contributed by atoms with van der Waals surface area (Å²) in [5, 5.41) is 6.72. The first kappa shape index (κ1) is 23.6. The first-order chi connectivity index (χ1) is 16.9. The average Bonchev–Trinajstić information content (AvgIpc) is 3.24. The van der Waals surface area contributed by atoms with Crippen molar-refractivity contribution in [2.75, 3.05) is 11.5 Å². The lowest BCUT2D eigenvalue weighted by molar-refractivity contribution is 0.103. The topological polar surface area (TPSA) is 73.5 Å². The molecule has 180 valence electrons. The van der Waals surface area contributed by atoms with Crippen LogP contribution in [0.5, 0.6) is 5.88 Å². The highest BCUT2D eigenvalue weighted by Crippen LogP contribution is 2.34. The standard InChI is InChI=1S/C27H26ClN3O3S/c1-31-27(34-18-19-12-13-20-8-3-4-9-21(20)16-19)23(17-29-31)26(32)22-10-7-11-24(25(22)28)30-35(33)14-5-2-6-15-35/h3-4,7-13,16-17H,2,5-6,14-15,18H2,1H3. The molecule has 6 nitrogen and oxygen atoms in total. The molecule has 0 amide bonds. The van der Waals surface area contributed by atoms with Gasteiger partial charge in [0.15, 0.2) is 0 Å². The van der Waals surface area contributed by atoms with Gasteiger partial charge in [0, 0.05) is 24.1 Å². The van der Waals surface area contributed by atoms with E-state index in [1.165, 1.54) is 10.9 Å². The monoisotopic (exact) mass is 507 g/mol. The molecule has 3 aromatic carbocycles. The third-order valence-electron chi connectivity index (χ3n) is 6.23. The predicted octanol–water partition coefficient (Wildman–Crippen LogP) is 6.32. The lowest BCUT2D eigenvalue weighted by Gasteiger charge is -2.16. The Morgan fingerprint density at radius 2 is 1.80 bits per heavy atom. The maximum Gasteiger partial charge on any atom is 0.223 e. The Balaban J connectivity index is 1.42. The van der Waals surface area contributed by atoms with Crippen molar-refractivity contribution in [2.24, 2.45) is 11.4 Å². The number of fused-ring (bicyclic) bond motifs is 1. The second kappa shape index (κ2) is 9.84. The molecule has 0 unspecified atom stereocenters. The molecule has 0 saturated carbocycles. The van der Waals surface area contributed by atoms with E-state index in [0.29, 0.717) is 28.6 Å². The number of carbonyl (C=O) groups is 1. The maximum absolute atomic E-state index is 13.5. The molecular weight excluding hydrogens is 482 g/mol. The molecule has 4 aromatic rings. The van der Waals surface area contributed by atoms with Crippen molar-refractivity contribution in [1.82, 2.24) is 9.78 Å². The fourth-order valence-electron chi connectivity index (χ4n) is 4.35. The highest BCUT2D eigenvalue weighted by molar-refractivity contribution is 7.93. The maximum atomic E-state index is 13.5. The predicted molar refractivity (Wildman–Crippen MR) is 140 cm³/mol. The molecule has 0 N–H and O–H groups in total. The van der Waals surface area contributed by atoms with E-state index in [1.807, 2.05) is 18.2 Å². The van der Waals surface area contributed by atoms with Crippen molar-refractivity contribution < 1.29 is 13.7 Å². The van der Waals surface area contributed by atoms with E-state index in [0.717, 1.165) is 35.6 Å². The van der Waals surface area contributed by atoms with Crippen molar-refractivity contribution >= 4 is 43.6 Å². The van der Waals surface area contributed by atoms with Crippen molar-refractivity contribution in [2.45, 2.75) is 25.9 Å². The molecule has 2 heterocycles. The summed E-state index contributed by atoms with van der Waals surface area (Å²) < 4.78 is 25.2. The van der Waals surface area contributed by atoms with Crippen LogP contribution in [0.2, 0.25) is 5.02 Å². The minimum Gasteiger partial charge on any atom is -0.472 e. The minimum absolute atomic E-state index is 0.204. The van der Waals surface area contributed by atoms with Gasteiger partial charge < -0.3 is 4.74 Å². The Hall–Kier alpha value is -3.16. The SMILES string of the molecule is Cn1ncc(C(=O)c2cccc(N=S3(=O)CCCCC3)c2Cl)c1OCc1ccc2ccccc2c1. The summed E-state index contributed by atoms with van der Waals surface area (Å²) in [5.74, 6) is 1.18. The molecule has 0 spiro atoms. The van der Waals surface area contributed by atoms with Crippen molar-refractivity contribution in [1.29, 1.82) is 0 Å². The first-order valence-electron chi connectivity index (χ1n) is 11.6. The molecule has 8 heteroatoms. The van der Waals surface area contributed by atoms with Gasteiger partial charge in [0.25, 0.3) is 0 Å². The van der Waals surface area contributed by atoms with E-state index >= 15 is 0 Å². The number of nitrogens with zero attached hydrogens (tertiary/aromatic N) is 3. The lowest BCUT2D eigenvalue weighted by atomic mass is 10.1. The van der Waals surface area contributed by atoms with Gasteiger partial charge in [-0.05, 0) is 47.4 Å². The second-order valence-corrected chi connectivity index (χ2v) is 11.7. The van der Waals surface area contributed by atoms with E-state index in [4.69, 9.17) is 16.3 Å². The lowest BCUT2D eigenvalue weighted by Crippen LogP contribution is -2.15. The van der Waals surface area contributed by atoms with Gasteiger partial charge >= 0.3 is 0 Å². The van der Waals surface area contributed by atoms with Gasteiger partial charge in [0.1, 0.15) is 12.2 Å². The van der Waals surface area contributed by atoms with Crippen LogP contribution in [0, 0.1) is 0 Å². The third-order valence-corrected chi connectivity index (χ3v) is 9.01. The van der Waals surface area contributed by atoms with E-state index in [-0.39, 0.29) is 23.0 Å². The van der Waals surface area contributed by atoms with E-state index < -0.39 is 9.73 Å². The smallest absolute Gasteiger partial charge is 0.223 e. The number of aromatic nitrogens is 2. The summed E-state index contributed by atoms with van der Waals surface area (Å²) in [6.07, 6.45) is 4.35. The number of benzene rings is 3. The zero-order valence-electron chi connectivity index (χ0n) is 19.4. The van der Waals surface area contributed by atoms with Crippen molar-refractivity contribution in [3.8, 4) is 5.88 Å². The largest absolute Gasteiger partial charge is 0.472 e. The summed E-state index contributed by atoms with van der Waals surface area (Å²) in [6, 6.07) is 19.3. The Bertz CT molecular complexity index is 1520. The van der Waals surface area contributed by atoms with Crippen LogP contribution < -0.4 is 4.74 Å². The number of hydrogen-bond donors (Lipinski definition) is 0. The Labute approximate surface area is 210 Å². The molecule has 1 aromatic heterocycles. The molecular formula is C27H26ClN3O3S. The fraction of sp³-hybridized carbons (Fsp3) is 0.259. The van der Waals surface area contributed by atoms with E-state index in [9.17, 15) is 9.00 Å². The van der Waals surface area contributed by atoms with Gasteiger partial charge in [-0.15, -0.1) is 0 Å². The number of hydrogen-bond acceptors (Lipinski definition) is 5. The van der Waals surface area contributed by atoms with Crippen LogP contribution in [0.4, 0.5) is 5.69 Å². The van der Waals surface area contributed by atoms with Gasteiger partial charge in [-0.1, -0.05) is 60.5 Å². The number of ketones is 1. The number of halogens is 1. The molecule has 0 atom stereocenters. The van der Waals surface area contributed by atoms with Crippen LogP contribution in [0.15, 0.2) is 71.2 Å². The molecule has 0 radical (unpaired) electrons. The summed E-state index contributed by atoms with van der Waals surface area (Å²) in [5.41, 5.74) is 1.98. The number of aryl methyl sites for hydroxylation is 1. The van der Waals surface area contributed by atoms with Gasteiger partial charge in [-0.2, -0.15) is 9.46 Å². The summed E-state index contributed by atoms with van der Waals surface area (Å²) in [7, 11) is -0.614. The van der Waals surface area contributed by atoms with Crippen molar-refractivity contribution in [3.63, 3.8) is 0 Å². The minimum atomic E-state index is -2.34. The Kier molecular flexibility index (Phi) is 6.62. The van der Waals surface area contributed by atoms with E-state index in [1.54, 1.807) is 25.2 Å². The molecule has 1 aliphatic rings. The van der Waals surface area contributed by atoms with Crippen LogP contribution in [-0.4, -0.2) is 31.3 Å². The number of rotatable bonds is 6. The molecule has 0 aliphatic carbocycles. The van der Waals surface area contributed by atoms with Crippen LogP contribution in [0.1, 0.15) is 40.7 Å². The zero-order chi connectivity index (χ0) is 24.4. The normalized spacial score (nSPS) is 15.1. The third kappa shape index (κ3) is 4.97. The molecule has 5 rings (SSSR count). The highest BCUT2D eigenvalue weighted by Gasteiger charge is 2.23. The molecule has 1 fully saturated rings. The molecule has 1 saturated heterocycles. The van der Waals surface area contributed by atoms with E-state index in [2.05, 4.69) is 33.7 Å². The molecule has 1 aliphatic heterocycles. The van der Waals surface area contributed by atoms with Crippen LogP contribution in [0.3, 0.4) is 0 Å². The fourth-order valence-corrected chi connectivity index (χ4v) is 6.86. The quantitative estimate of drug-likeness (QED) is 0.286. The zero-order valence-corrected chi connectivity index (χ0v) is 21.0. The van der Waals surface area contributed by atoms with Crippen LogP contribution >= 0.6 is 11.6 Å². The summed E-state index contributed by atoms with van der Waals surface area (Å²) in [4.78, 5) is 13.5. The highest BCUT2D eigenvalue weighted by atomic mass is 35.5. The molecule has 0 bridgehead atoms. The van der Waals surface area contributed by atoms with Crippen LogP contribution in [0.25, 0.3) is 10.8 Å². The Morgan fingerprint density at radius 3 is 2.60 bits per heavy atom. The van der Waals surface area contributed by atoms with Gasteiger partial charge in [-0.25, -0.2) is 8.89 Å². The van der Waals surface area contributed by atoms with Gasteiger partial charge in [0.05, 0.1) is 26.6 Å². The molecule has 35 heavy (non-hydrogen) atoms. The first-order valence-corrected chi connectivity index (χ1v) is 13.8. The second-order valence-electron chi connectivity index (χ2n) is 8.76. The average molecular weight is 508 g/mol. The summed E-state index contributed by atoms with van der Waals surface area (Å²) >= 11 is 6.61.